The van der Waals surface area contributed by atoms with E-state index in [0.717, 1.165) is 5.56 Å². The summed E-state index contributed by atoms with van der Waals surface area (Å²) in [6.07, 6.45) is 1.49. The van der Waals surface area contributed by atoms with Crippen LogP contribution in [0.4, 0.5) is 0 Å². The van der Waals surface area contributed by atoms with E-state index in [-0.39, 0.29) is 5.69 Å². The van der Waals surface area contributed by atoms with Gasteiger partial charge in [0, 0.05) is 6.20 Å². The van der Waals surface area contributed by atoms with Crippen LogP contribution >= 0.6 is 0 Å². The van der Waals surface area contributed by atoms with Crippen molar-refractivity contribution in [3.63, 3.8) is 0 Å². The summed E-state index contributed by atoms with van der Waals surface area (Å²) in [5.41, 5.74) is 0.913. The van der Waals surface area contributed by atoms with E-state index in [9.17, 15) is 9.90 Å². The number of pyridine rings is 1. The molecule has 0 aliphatic carbocycles. The fraction of sp³-hybridized carbons (Fsp3) is 0.143. The first-order valence-corrected chi connectivity index (χ1v) is 2.84. The SMILES string of the molecule is Cc1ccc(C(=O)[O-])nc1. The van der Waals surface area contributed by atoms with E-state index in [4.69, 9.17) is 0 Å². The monoisotopic (exact) mass is 136 g/mol. The molecule has 0 amide bonds. The number of nitrogens with zero attached hydrogens (tertiary/aromatic N) is 1. The number of carboxylic acid groups (broad SMARTS) is 1. The van der Waals surface area contributed by atoms with Crippen molar-refractivity contribution in [2.24, 2.45) is 0 Å². The maximum atomic E-state index is 10.1. The minimum absolute atomic E-state index is 0.0226. The van der Waals surface area contributed by atoms with Crippen molar-refractivity contribution in [2.45, 2.75) is 6.92 Å². The molecule has 0 spiro atoms. The van der Waals surface area contributed by atoms with Gasteiger partial charge in [-0.1, -0.05) is 6.07 Å². The van der Waals surface area contributed by atoms with Gasteiger partial charge in [0.1, 0.15) is 0 Å². The molecular weight excluding hydrogens is 130 g/mol. The summed E-state index contributed by atoms with van der Waals surface area (Å²) in [5.74, 6) is -1.24. The first-order valence-electron chi connectivity index (χ1n) is 2.84. The molecular formula is C7H6NO2-. The Kier molecular flexibility index (Phi) is 1.67. The van der Waals surface area contributed by atoms with Crippen LogP contribution in [0.15, 0.2) is 18.3 Å². The molecule has 3 nitrogen and oxygen atoms in total. The summed E-state index contributed by atoms with van der Waals surface area (Å²) < 4.78 is 0. The van der Waals surface area contributed by atoms with E-state index >= 15 is 0 Å². The Balaban J connectivity index is 3.00. The highest BCUT2D eigenvalue weighted by Crippen LogP contribution is 1.95. The van der Waals surface area contributed by atoms with Gasteiger partial charge in [-0.05, 0) is 18.6 Å². The lowest BCUT2D eigenvalue weighted by molar-refractivity contribution is -0.255. The largest absolute Gasteiger partial charge is 0.543 e. The summed E-state index contributed by atoms with van der Waals surface area (Å²) >= 11 is 0. The Bertz CT molecular complexity index is 240. The molecule has 1 heterocycles. The highest BCUT2D eigenvalue weighted by Gasteiger charge is 1.91. The predicted molar refractivity (Wildman–Crippen MR) is 33.3 cm³/mol. The fourth-order valence-corrected chi connectivity index (χ4v) is 0.589. The smallest absolute Gasteiger partial charge is 0.0899 e. The fourth-order valence-electron chi connectivity index (χ4n) is 0.589. The van der Waals surface area contributed by atoms with Crippen LogP contribution in [0.25, 0.3) is 0 Å². The average Bonchev–Trinajstić information content (AvgIpc) is 1.88. The summed E-state index contributed by atoms with van der Waals surface area (Å²) in [6, 6.07) is 3.10. The lowest BCUT2D eigenvalue weighted by Crippen LogP contribution is -2.23. The van der Waals surface area contributed by atoms with Crippen molar-refractivity contribution >= 4 is 5.97 Å². The number of hydrogen-bond donors (Lipinski definition) is 0. The molecule has 1 aromatic heterocycles. The molecule has 0 saturated carbocycles. The Hall–Kier alpha value is -1.38. The third kappa shape index (κ3) is 1.31. The molecule has 1 aromatic rings. The first-order chi connectivity index (χ1) is 4.70. The van der Waals surface area contributed by atoms with Gasteiger partial charge in [-0.3, -0.25) is 4.98 Å². The molecule has 10 heavy (non-hydrogen) atoms. The van der Waals surface area contributed by atoms with Gasteiger partial charge >= 0.3 is 0 Å². The standard InChI is InChI=1S/C7H7NO2/c1-5-2-3-6(7(9)10)8-4-5/h2-4H,1H3,(H,9,10)/p-1. The molecule has 1 rings (SSSR count). The molecule has 0 fully saturated rings. The molecule has 0 bridgehead atoms. The maximum Gasteiger partial charge on any atom is 0.0899 e. The Morgan fingerprint density at radius 1 is 1.60 bits per heavy atom. The lowest BCUT2D eigenvalue weighted by atomic mass is 10.3. The summed E-state index contributed by atoms with van der Waals surface area (Å²) in [6.45, 7) is 1.84. The van der Waals surface area contributed by atoms with E-state index < -0.39 is 5.97 Å². The third-order valence-electron chi connectivity index (χ3n) is 1.12. The van der Waals surface area contributed by atoms with Gasteiger partial charge in [0.05, 0.1) is 11.7 Å². The van der Waals surface area contributed by atoms with Gasteiger partial charge in [-0.25, -0.2) is 0 Å². The van der Waals surface area contributed by atoms with Crippen LogP contribution in [0.2, 0.25) is 0 Å². The van der Waals surface area contributed by atoms with Gasteiger partial charge in [0.2, 0.25) is 0 Å². The quantitative estimate of drug-likeness (QED) is 0.535. The number of carboxylic acids is 1. The summed E-state index contributed by atoms with van der Waals surface area (Å²) in [4.78, 5) is 13.8. The summed E-state index contributed by atoms with van der Waals surface area (Å²) in [7, 11) is 0. The van der Waals surface area contributed by atoms with Crippen LogP contribution in [-0.2, 0) is 0 Å². The van der Waals surface area contributed by atoms with Gasteiger partial charge in [-0.15, -0.1) is 0 Å². The molecule has 0 radical (unpaired) electrons. The molecule has 0 N–H and O–H groups in total. The molecule has 0 atom stereocenters. The van der Waals surface area contributed by atoms with Crippen molar-refractivity contribution in [2.75, 3.05) is 0 Å². The first kappa shape index (κ1) is 6.74. The van der Waals surface area contributed by atoms with Crippen LogP contribution in [0, 0.1) is 6.92 Å². The Labute approximate surface area is 58.3 Å². The maximum absolute atomic E-state index is 10.1. The van der Waals surface area contributed by atoms with E-state index in [2.05, 4.69) is 4.98 Å². The van der Waals surface area contributed by atoms with Crippen molar-refractivity contribution in [3.8, 4) is 0 Å². The van der Waals surface area contributed by atoms with Crippen LogP contribution in [-0.4, -0.2) is 11.0 Å². The van der Waals surface area contributed by atoms with Gasteiger partial charge < -0.3 is 9.90 Å². The molecule has 3 heteroatoms. The van der Waals surface area contributed by atoms with Crippen molar-refractivity contribution in [1.29, 1.82) is 0 Å². The number of aryl methyl sites for hydroxylation is 1. The minimum Gasteiger partial charge on any atom is -0.543 e. The number of rotatable bonds is 1. The molecule has 0 aliphatic rings. The predicted octanol–water partition coefficient (Wildman–Crippen LogP) is -0.246. The second-order valence-corrected chi connectivity index (χ2v) is 2.01. The lowest BCUT2D eigenvalue weighted by Gasteiger charge is -1.99. The molecule has 52 valence electrons. The Morgan fingerprint density at radius 2 is 2.30 bits per heavy atom. The van der Waals surface area contributed by atoms with Crippen LogP contribution in [0.1, 0.15) is 16.1 Å². The van der Waals surface area contributed by atoms with E-state index in [1.807, 2.05) is 6.92 Å². The number of hydrogen-bond acceptors (Lipinski definition) is 3. The van der Waals surface area contributed by atoms with Crippen molar-refractivity contribution in [3.05, 3.63) is 29.6 Å². The van der Waals surface area contributed by atoms with Crippen molar-refractivity contribution in [1.82, 2.24) is 4.98 Å². The molecule has 0 saturated heterocycles. The van der Waals surface area contributed by atoms with Crippen LogP contribution in [0.3, 0.4) is 0 Å². The average molecular weight is 136 g/mol. The normalized spacial score (nSPS) is 9.30. The molecule has 0 aliphatic heterocycles. The number of carbonyl (C=O) groups excluding carboxylic acids is 1. The Morgan fingerprint density at radius 3 is 2.70 bits per heavy atom. The number of aromatic nitrogens is 1. The van der Waals surface area contributed by atoms with Gasteiger partial charge in [0.25, 0.3) is 0 Å². The zero-order valence-corrected chi connectivity index (χ0v) is 5.50. The van der Waals surface area contributed by atoms with Crippen LogP contribution in [0.5, 0.6) is 0 Å². The number of aromatic carboxylic acids is 1. The molecule has 0 unspecified atom stereocenters. The second-order valence-electron chi connectivity index (χ2n) is 2.01. The highest BCUT2D eigenvalue weighted by molar-refractivity contribution is 5.83. The topological polar surface area (TPSA) is 53.0 Å². The minimum atomic E-state index is -1.24. The van der Waals surface area contributed by atoms with E-state index in [1.165, 1.54) is 12.3 Å². The third-order valence-corrected chi connectivity index (χ3v) is 1.12. The van der Waals surface area contributed by atoms with Gasteiger partial charge in [0.15, 0.2) is 0 Å². The van der Waals surface area contributed by atoms with Crippen LogP contribution < -0.4 is 5.11 Å². The second kappa shape index (κ2) is 2.47. The zero-order chi connectivity index (χ0) is 7.56. The molecule has 0 aromatic carbocycles. The summed E-state index contributed by atoms with van der Waals surface area (Å²) in [5, 5.41) is 10.1. The van der Waals surface area contributed by atoms with Crippen molar-refractivity contribution < 1.29 is 9.90 Å². The van der Waals surface area contributed by atoms with E-state index in [0.29, 0.717) is 0 Å². The zero-order valence-electron chi connectivity index (χ0n) is 5.50. The highest BCUT2D eigenvalue weighted by atomic mass is 16.4. The van der Waals surface area contributed by atoms with E-state index in [1.54, 1.807) is 6.07 Å². The number of carbonyl (C=O) groups is 1. The van der Waals surface area contributed by atoms with Gasteiger partial charge in [-0.2, -0.15) is 0 Å².